The van der Waals surface area contributed by atoms with Crippen LogP contribution >= 0.6 is 8.58 Å². The zero-order chi connectivity index (χ0) is 16.7. The second kappa shape index (κ2) is 10.4. The van der Waals surface area contributed by atoms with Crippen molar-refractivity contribution < 1.29 is 39.3 Å². The number of carbonyl (C=O) groups excluding carboxylic acids is 1. The van der Waals surface area contributed by atoms with Gasteiger partial charge in [-0.3, -0.25) is 4.79 Å². The molecule has 0 saturated heterocycles. The maximum absolute atomic E-state index is 12.5. The van der Waals surface area contributed by atoms with Gasteiger partial charge in [-0.15, -0.1) is 0 Å². The minimum absolute atomic E-state index is 0. The molecule has 2 aromatic rings. The first-order valence-corrected chi connectivity index (χ1v) is 8.44. The molecule has 124 valence electrons. The molecule has 0 N–H and O–H groups in total. The third-order valence-corrected chi connectivity index (χ3v) is 4.49. The summed E-state index contributed by atoms with van der Waals surface area (Å²) in [5.41, 5.74) is 0.727. The van der Waals surface area contributed by atoms with Crippen molar-refractivity contribution in [1.82, 2.24) is 0 Å². The molecule has 4 nitrogen and oxygen atoms in total. The van der Waals surface area contributed by atoms with Gasteiger partial charge in [0.1, 0.15) is 17.2 Å². The van der Waals surface area contributed by atoms with Gasteiger partial charge in [0.15, 0.2) is 5.52 Å². The van der Waals surface area contributed by atoms with Crippen LogP contribution in [0, 0.1) is 0 Å². The monoisotopic (exact) mass is 340 g/mol. The molecule has 2 aromatic carbocycles. The first kappa shape index (κ1) is 20.6. The fourth-order valence-corrected chi connectivity index (χ4v) is 3.22. The van der Waals surface area contributed by atoms with Crippen LogP contribution in [0.4, 0.5) is 0 Å². The molecule has 0 spiro atoms. The molecule has 2 rings (SSSR count). The van der Waals surface area contributed by atoms with E-state index >= 15 is 0 Å². The van der Waals surface area contributed by atoms with E-state index in [9.17, 15) is 4.79 Å². The Morgan fingerprint density at radius 2 is 1.67 bits per heavy atom. The van der Waals surface area contributed by atoms with Gasteiger partial charge in [0.05, 0.1) is 26.1 Å². The summed E-state index contributed by atoms with van der Waals surface area (Å²) in [6, 6.07) is 12.8. The number of methoxy groups -OCH3 is 2. The van der Waals surface area contributed by atoms with Gasteiger partial charge < -0.3 is 15.6 Å². The van der Waals surface area contributed by atoms with Gasteiger partial charge >= 0.3 is 18.9 Å². The first-order chi connectivity index (χ1) is 11.2. The Morgan fingerprint density at radius 3 is 2.17 bits per heavy atom. The van der Waals surface area contributed by atoms with Gasteiger partial charge in [-0.1, -0.05) is 37.3 Å². The van der Waals surface area contributed by atoms with Crippen molar-refractivity contribution >= 4 is 19.4 Å². The van der Waals surface area contributed by atoms with Gasteiger partial charge in [-0.05, 0) is 15.0 Å². The van der Waals surface area contributed by atoms with Crippen molar-refractivity contribution in [3.05, 3.63) is 48.0 Å². The van der Waals surface area contributed by atoms with Crippen molar-refractivity contribution in [2.45, 2.75) is 13.3 Å². The predicted molar refractivity (Wildman–Crippen MR) is 95.2 cm³/mol. The minimum atomic E-state index is -0.0788. The van der Waals surface area contributed by atoms with E-state index in [0.717, 1.165) is 11.7 Å². The number of ether oxygens (including phenoxy) is 3. The summed E-state index contributed by atoms with van der Waals surface area (Å²) in [4.78, 5) is 12.5. The topological polar surface area (TPSA) is 44.8 Å². The van der Waals surface area contributed by atoms with Gasteiger partial charge in [0.2, 0.25) is 0 Å². The number of benzene rings is 2. The van der Waals surface area contributed by atoms with E-state index in [4.69, 9.17) is 14.2 Å². The number of hydrogen-bond donors (Lipinski definition) is 0. The molecule has 24 heavy (non-hydrogen) atoms. The summed E-state index contributed by atoms with van der Waals surface area (Å²) in [7, 11) is 3.09. The van der Waals surface area contributed by atoms with Crippen molar-refractivity contribution in [1.29, 1.82) is 0 Å². The molecule has 0 saturated carbocycles. The number of rotatable bonds is 8. The van der Waals surface area contributed by atoms with E-state index < -0.39 is 0 Å². The molecular formula is C18H22LiO4P. The van der Waals surface area contributed by atoms with E-state index in [1.807, 2.05) is 37.3 Å². The van der Waals surface area contributed by atoms with Crippen LogP contribution in [0.5, 0.6) is 17.2 Å². The molecule has 0 aliphatic carbocycles. The number of hydrogen-bond acceptors (Lipinski definition) is 4. The van der Waals surface area contributed by atoms with E-state index in [1.165, 1.54) is 0 Å². The largest absolute Gasteiger partial charge is 1.00 e. The quantitative estimate of drug-likeness (QED) is 0.526. The fourth-order valence-electron chi connectivity index (χ4n) is 2.09. The van der Waals surface area contributed by atoms with Crippen LogP contribution in [-0.4, -0.2) is 26.4 Å². The average molecular weight is 340 g/mol. The second-order valence-corrected chi connectivity index (χ2v) is 6.08. The maximum atomic E-state index is 12.5. The molecule has 0 bridgehead atoms. The molecule has 0 fully saturated rings. The third kappa shape index (κ3) is 5.28. The van der Waals surface area contributed by atoms with E-state index in [0.29, 0.717) is 29.4 Å². The van der Waals surface area contributed by atoms with Crippen LogP contribution in [0.3, 0.4) is 0 Å². The third-order valence-electron chi connectivity index (χ3n) is 3.23. The predicted octanol–water partition coefficient (Wildman–Crippen LogP) is 0.753. The normalized spacial score (nSPS) is 10.3. The van der Waals surface area contributed by atoms with Crippen LogP contribution in [-0.2, 0) is 0 Å². The average Bonchev–Trinajstić information content (AvgIpc) is 2.61. The molecule has 0 amide bonds. The Morgan fingerprint density at radius 1 is 1.08 bits per heavy atom. The molecule has 1 unspecified atom stereocenters. The van der Waals surface area contributed by atoms with Gasteiger partial charge in [-0.2, -0.15) is 0 Å². The summed E-state index contributed by atoms with van der Waals surface area (Å²) < 4.78 is 16.5. The summed E-state index contributed by atoms with van der Waals surface area (Å²) in [6.45, 7) is 2.67. The Hall–Kier alpha value is -1.46. The Labute approximate surface area is 158 Å². The van der Waals surface area contributed by atoms with Crippen LogP contribution in [0.25, 0.3) is 0 Å². The van der Waals surface area contributed by atoms with Crippen LogP contribution < -0.4 is 38.4 Å². The molecule has 0 radical (unpaired) electrons. The summed E-state index contributed by atoms with van der Waals surface area (Å²) >= 11 is 0. The van der Waals surface area contributed by atoms with Gasteiger partial charge in [0.25, 0.3) is 0 Å². The fraction of sp³-hybridized carbons (Fsp3) is 0.278. The molecule has 0 aliphatic heterocycles. The molecule has 0 heterocycles. The maximum Gasteiger partial charge on any atom is 1.00 e. The van der Waals surface area contributed by atoms with Crippen molar-refractivity contribution in [3.63, 3.8) is 0 Å². The first-order valence-electron chi connectivity index (χ1n) is 7.44. The zero-order valence-corrected chi connectivity index (χ0v) is 15.6. The molecule has 1 atom stereocenters. The molecular weight excluding hydrogens is 318 g/mol. The number of carbonyl (C=O) groups is 1. The minimum Gasteiger partial charge on any atom is -1.00 e. The van der Waals surface area contributed by atoms with Crippen LogP contribution in [0.1, 0.15) is 25.1 Å². The summed E-state index contributed by atoms with van der Waals surface area (Å²) in [5.74, 6) is 1.90. The Kier molecular flexibility index (Phi) is 8.93. The summed E-state index contributed by atoms with van der Waals surface area (Å²) in [6.07, 6.45) is 0.917. The summed E-state index contributed by atoms with van der Waals surface area (Å²) in [5, 5.41) is 0.757. The van der Waals surface area contributed by atoms with E-state index in [-0.39, 0.29) is 34.4 Å². The van der Waals surface area contributed by atoms with E-state index in [1.54, 1.807) is 26.4 Å². The van der Waals surface area contributed by atoms with Gasteiger partial charge in [0, 0.05) is 17.7 Å². The smallest absolute Gasteiger partial charge is 1.00 e. The molecule has 0 aromatic heterocycles. The van der Waals surface area contributed by atoms with E-state index in [2.05, 4.69) is 0 Å². The van der Waals surface area contributed by atoms with Crippen LogP contribution in [0.15, 0.2) is 42.5 Å². The van der Waals surface area contributed by atoms with Crippen molar-refractivity contribution in [2.24, 2.45) is 0 Å². The standard InChI is InChI=1S/C18H21O4P.Li.H/c1-4-10-22-14-11-15(20-2)17(16(12-14)21-3)23-18(19)13-8-6-5-7-9-13;;/h5-9,11-12,23H,4,10H2,1-3H3;;/q;+1;-1. The molecule has 0 aliphatic rings. The van der Waals surface area contributed by atoms with Gasteiger partial charge in [-0.25, -0.2) is 0 Å². The second-order valence-electron chi connectivity index (χ2n) is 4.87. The zero-order valence-electron chi connectivity index (χ0n) is 15.6. The SMILES string of the molecule is CCCOc1cc(OC)c(PC(=O)c2ccccc2)c(OC)c1.[H-].[Li+]. The Bertz CT molecular complexity index is 642. The molecule has 6 heteroatoms. The van der Waals surface area contributed by atoms with Crippen LogP contribution in [0.2, 0.25) is 0 Å². The van der Waals surface area contributed by atoms with Crippen molar-refractivity contribution in [2.75, 3.05) is 20.8 Å². The van der Waals surface area contributed by atoms with Crippen molar-refractivity contribution in [3.8, 4) is 17.2 Å². The Balaban J connectivity index is 0.00000288.